The standard InChI is InChI=1S/C14H20N2O4/c1-20-8-7-12(14(18)19)16-13(17)11(9-15)10-5-3-2-4-6-10/h2-6,11-12H,7-9,15H2,1H3,(H,16,17)(H,18,19). The van der Waals surface area contributed by atoms with Gasteiger partial charge in [0.1, 0.15) is 6.04 Å². The van der Waals surface area contributed by atoms with Crippen molar-refractivity contribution in [1.29, 1.82) is 0 Å². The van der Waals surface area contributed by atoms with E-state index in [-0.39, 0.29) is 25.5 Å². The van der Waals surface area contributed by atoms with E-state index in [1.165, 1.54) is 7.11 Å². The topological polar surface area (TPSA) is 102 Å². The molecule has 0 heterocycles. The number of hydrogen-bond acceptors (Lipinski definition) is 4. The molecule has 0 spiro atoms. The van der Waals surface area contributed by atoms with E-state index in [9.17, 15) is 9.59 Å². The maximum absolute atomic E-state index is 12.2. The van der Waals surface area contributed by atoms with Crippen molar-refractivity contribution < 1.29 is 19.4 Å². The fourth-order valence-corrected chi connectivity index (χ4v) is 1.85. The van der Waals surface area contributed by atoms with Crippen LogP contribution in [-0.2, 0) is 14.3 Å². The van der Waals surface area contributed by atoms with Crippen molar-refractivity contribution in [3.63, 3.8) is 0 Å². The van der Waals surface area contributed by atoms with Crippen LogP contribution in [0.2, 0.25) is 0 Å². The molecule has 0 aliphatic carbocycles. The van der Waals surface area contributed by atoms with Crippen LogP contribution in [-0.4, -0.2) is 43.3 Å². The van der Waals surface area contributed by atoms with E-state index in [1.807, 2.05) is 18.2 Å². The van der Waals surface area contributed by atoms with Crippen LogP contribution in [0.1, 0.15) is 17.9 Å². The number of carbonyl (C=O) groups is 2. The number of nitrogens with two attached hydrogens (primary N) is 1. The summed E-state index contributed by atoms with van der Waals surface area (Å²) < 4.78 is 4.84. The predicted octanol–water partition coefficient (Wildman–Crippen LogP) is 0.335. The first-order chi connectivity index (χ1) is 9.60. The Kier molecular flexibility index (Phi) is 6.69. The number of nitrogens with one attached hydrogen (secondary N) is 1. The summed E-state index contributed by atoms with van der Waals surface area (Å²) in [7, 11) is 1.48. The number of carboxylic acid groups (broad SMARTS) is 1. The van der Waals surface area contributed by atoms with Crippen LogP contribution in [0.3, 0.4) is 0 Å². The van der Waals surface area contributed by atoms with Gasteiger partial charge in [0.15, 0.2) is 0 Å². The highest BCUT2D eigenvalue weighted by Gasteiger charge is 2.25. The minimum absolute atomic E-state index is 0.118. The molecular weight excluding hydrogens is 260 g/mol. The third-order valence-corrected chi connectivity index (χ3v) is 2.98. The number of ether oxygens (including phenoxy) is 1. The lowest BCUT2D eigenvalue weighted by Gasteiger charge is -2.19. The van der Waals surface area contributed by atoms with E-state index in [2.05, 4.69) is 5.32 Å². The Bertz CT molecular complexity index is 436. The highest BCUT2D eigenvalue weighted by atomic mass is 16.5. The first-order valence-corrected chi connectivity index (χ1v) is 6.37. The molecule has 0 aliphatic heterocycles. The molecule has 2 atom stereocenters. The fraction of sp³-hybridized carbons (Fsp3) is 0.429. The Hall–Kier alpha value is -1.92. The van der Waals surface area contributed by atoms with E-state index < -0.39 is 17.9 Å². The maximum atomic E-state index is 12.2. The van der Waals surface area contributed by atoms with Crippen LogP contribution in [0.15, 0.2) is 30.3 Å². The third kappa shape index (κ3) is 4.64. The number of rotatable bonds is 8. The second-order valence-corrected chi connectivity index (χ2v) is 4.38. The van der Waals surface area contributed by atoms with Crippen molar-refractivity contribution >= 4 is 11.9 Å². The maximum Gasteiger partial charge on any atom is 0.326 e. The number of hydrogen-bond donors (Lipinski definition) is 3. The van der Waals surface area contributed by atoms with Crippen LogP contribution < -0.4 is 11.1 Å². The molecule has 20 heavy (non-hydrogen) atoms. The summed E-state index contributed by atoms with van der Waals surface area (Å²) in [6, 6.07) is 8.08. The predicted molar refractivity (Wildman–Crippen MR) is 74.3 cm³/mol. The number of methoxy groups -OCH3 is 1. The van der Waals surface area contributed by atoms with Gasteiger partial charge in [-0.3, -0.25) is 4.79 Å². The Morgan fingerprint density at radius 3 is 2.50 bits per heavy atom. The first kappa shape index (κ1) is 16.1. The van der Waals surface area contributed by atoms with Crippen molar-refractivity contribution in [3.8, 4) is 0 Å². The second kappa shape index (κ2) is 8.29. The molecule has 6 nitrogen and oxygen atoms in total. The summed E-state index contributed by atoms with van der Waals surface area (Å²) in [5, 5.41) is 11.6. The van der Waals surface area contributed by atoms with Crippen molar-refractivity contribution in [1.82, 2.24) is 5.32 Å². The van der Waals surface area contributed by atoms with Gasteiger partial charge in [-0.05, 0) is 5.56 Å². The molecule has 1 aromatic rings. The molecule has 1 amide bonds. The van der Waals surface area contributed by atoms with Crippen LogP contribution in [0.4, 0.5) is 0 Å². The molecular formula is C14H20N2O4. The van der Waals surface area contributed by atoms with Gasteiger partial charge in [0.25, 0.3) is 0 Å². The van der Waals surface area contributed by atoms with E-state index in [4.69, 9.17) is 15.6 Å². The molecule has 6 heteroatoms. The SMILES string of the molecule is COCCC(NC(=O)C(CN)c1ccccc1)C(=O)O. The first-order valence-electron chi connectivity index (χ1n) is 6.37. The minimum Gasteiger partial charge on any atom is -0.480 e. The minimum atomic E-state index is -1.08. The molecule has 2 unspecified atom stereocenters. The van der Waals surface area contributed by atoms with Crippen molar-refractivity contribution in [2.75, 3.05) is 20.3 Å². The van der Waals surface area contributed by atoms with Gasteiger partial charge in [0.05, 0.1) is 5.92 Å². The van der Waals surface area contributed by atoms with Gasteiger partial charge >= 0.3 is 5.97 Å². The number of carboxylic acids is 1. The molecule has 110 valence electrons. The van der Waals surface area contributed by atoms with Gasteiger partial charge in [-0.1, -0.05) is 30.3 Å². The number of carbonyl (C=O) groups excluding carboxylic acids is 1. The highest BCUT2D eigenvalue weighted by Crippen LogP contribution is 2.14. The zero-order chi connectivity index (χ0) is 15.0. The average Bonchev–Trinajstić information content (AvgIpc) is 2.45. The second-order valence-electron chi connectivity index (χ2n) is 4.38. The van der Waals surface area contributed by atoms with Gasteiger partial charge < -0.3 is 20.9 Å². The van der Waals surface area contributed by atoms with Crippen LogP contribution in [0.5, 0.6) is 0 Å². The molecule has 0 saturated heterocycles. The van der Waals surface area contributed by atoms with Crippen LogP contribution >= 0.6 is 0 Å². The Morgan fingerprint density at radius 2 is 2.00 bits per heavy atom. The smallest absolute Gasteiger partial charge is 0.326 e. The average molecular weight is 280 g/mol. The number of amides is 1. The van der Waals surface area contributed by atoms with Gasteiger partial charge in [0.2, 0.25) is 5.91 Å². The lowest BCUT2D eigenvalue weighted by molar-refractivity contribution is -0.142. The molecule has 0 radical (unpaired) electrons. The normalized spacial score (nSPS) is 13.5. The summed E-state index contributed by atoms with van der Waals surface area (Å²) in [4.78, 5) is 23.2. The molecule has 0 aromatic heterocycles. The summed E-state index contributed by atoms with van der Waals surface area (Å²) in [5.74, 6) is -2.03. The molecule has 1 aromatic carbocycles. The Morgan fingerprint density at radius 1 is 1.35 bits per heavy atom. The van der Waals surface area contributed by atoms with Gasteiger partial charge in [-0.25, -0.2) is 4.79 Å². The number of benzene rings is 1. The molecule has 0 fully saturated rings. The summed E-state index contributed by atoms with van der Waals surface area (Å²) in [6.07, 6.45) is 0.212. The quantitative estimate of drug-likeness (QED) is 0.637. The van der Waals surface area contributed by atoms with Crippen LogP contribution in [0, 0.1) is 0 Å². The largest absolute Gasteiger partial charge is 0.480 e. The van der Waals surface area contributed by atoms with Gasteiger partial charge in [-0.15, -0.1) is 0 Å². The number of aliphatic carboxylic acids is 1. The van der Waals surface area contributed by atoms with Crippen molar-refractivity contribution in [3.05, 3.63) is 35.9 Å². The van der Waals surface area contributed by atoms with Crippen LogP contribution in [0.25, 0.3) is 0 Å². The highest BCUT2D eigenvalue weighted by molar-refractivity contribution is 5.88. The van der Waals surface area contributed by atoms with E-state index in [1.54, 1.807) is 12.1 Å². The molecule has 0 aliphatic rings. The Balaban J connectivity index is 2.73. The summed E-state index contributed by atoms with van der Waals surface area (Å²) in [6.45, 7) is 0.377. The van der Waals surface area contributed by atoms with Gasteiger partial charge in [-0.2, -0.15) is 0 Å². The fourth-order valence-electron chi connectivity index (χ4n) is 1.85. The monoisotopic (exact) mass is 280 g/mol. The van der Waals surface area contributed by atoms with E-state index in [0.29, 0.717) is 0 Å². The molecule has 1 rings (SSSR count). The lowest BCUT2D eigenvalue weighted by atomic mass is 9.98. The zero-order valence-electron chi connectivity index (χ0n) is 11.4. The van der Waals surface area contributed by atoms with Gasteiger partial charge in [0, 0.05) is 26.7 Å². The molecule has 4 N–H and O–H groups in total. The Labute approximate surface area is 117 Å². The van der Waals surface area contributed by atoms with E-state index >= 15 is 0 Å². The lowest BCUT2D eigenvalue weighted by Crippen LogP contribution is -2.45. The summed E-state index contributed by atoms with van der Waals surface area (Å²) >= 11 is 0. The van der Waals surface area contributed by atoms with Crippen molar-refractivity contribution in [2.24, 2.45) is 5.73 Å². The summed E-state index contributed by atoms with van der Waals surface area (Å²) in [5.41, 5.74) is 6.39. The third-order valence-electron chi connectivity index (χ3n) is 2.98. The molecule has 0 bridgehead atoms. The van der Waals surface area contributed by atoms with Crippen molar-refractivity contribution in [2.45, 2.75) is 18.4 Å². The molecule has 0 saturated carbocycles. The zero-order valence-corrected chi connectivity index (χ0v) is 11.4. The van der Waals surface area contributed by atoms with E-state index in [0.717, 1.165) is 5.56 Å².